The number of nitrogens with zero attached hydrogens (tertiary/aromatic N) is 2. The average molecular weight is 263 g/mol. The van der Waals surface area contributed by atoms with Gasteiger partial charge in [0.1, 0.15) is 0 Å². The largest absolute Gasteiger partial charge is 0.340 e. The Labute approximate surface area is 106 Å². The van der Waals surface area contributed by atoms with Gasteiger partial charge in [0.25, 0.3) is 0 Å². The van der Waals surface area contributed by atoms with Crippen molar-refractivity contribution in [2.45, 2.75) is 18.9 Å². The summed E-state index contributed by atoms with van der Waals surface area (Å²) in [4.78, 5) is 16.2. The van der Waals surface area contributed by atoms with Crippen LogP contribution in [0.2, 0.25) is 0 Å². The normalized spacial score (nSPS) is 27.3. The summed E-state index contributed by atoms with van der Waals surface area (Å²) >= 11 is 7.64. The summed E-state index contributed by atoms with van der Waals surface area (Å²) in [6, 6.07) is 0.760. The van der Waals surface area contributed by atoms with Crippen molar-refractivity contribution in [1.29, 1.82) is 0 Å². The molecule has 16 heavy (non-hydrogen) atoms. The molecule has 2 aliphatic heterocycles. The van der Waals surface area contributed by atoms with E-state index in [1.807, 2.05) is 4.90 Å². The third kappa shape index (κ3) is 3.05. The second-order valence-electron chi connectivity index (χ2n) is 4.37. The van der Waals surface area contributed by atoms with E-state index < -0.39 is 0 Å². The molecule has 0 bridgehead atoms. The molecule has 5 heteroatoms. The molecule has 1 atom stereocenters. The van der Waals surface area contributed by atoms with E-state index >= 15 is 0 Å². The first-order valence-corrected chi connectivity index (χ1v) is 7.65. The van der Waals surface area contributed by atoms with E-state index in [-0.39, 0.29) is 5.91 Å². The molecule has 3 nitrogen and oxygen atoms in total. The maximum atomic E-state index is 11.6. The summed E-state index contributed by atoms with van der Waals surface area (Å²) in [5.41, 5.74) is 0. The summed E-state index contributed by atoms with van der Waals surface area (Å²) in [6.45, 7) is 3.85. The zero-order valence-corrected chi connectivity index (χ0v) is 11.1. The van der Waals surface area contributed by atoms with Gasteiger partial charge in [-0.25, -0.2) is 0 Å². The molecule has 2 aliphatic rings. The highest BCUT2D eigenvalue weighted by Gasteiger charge is 2.27. The van der Waals surface area contributed by atoms with Crippen molar-refractivity contribution >= 4 is 29.3 Å². The molecule has 0 spiro atoms. The molecule has 2 heterocycles. The number of hydrogen-bond acceptors (Lipinski definition) is 3. The maximum Gasteiger partial charge on any atom is 0.223 e. The van der Waals surface area contributed by atoms with E-state index in [1.54, 1.807) is 0 Å². The molecule has 0 aromatic carbocycles. The Balaban J connectivity index is 1.75. The lowest BCUT2D eigenvalue weighted by atomic mass is 10.2. The van der Waals surface area contributed by atoms with Crippen LogP contribution in [0, 0.1) is 0 Å². The third-order valence-electron chi connectivity index (χ3n) is 3.40. The Kier molecular flexibility index (Phi) is 4.79. The van der Waals surface area contributed by atoms with Gasteiger partial charge in [0.2, 0.25) is 5.91 Å². The van der Waals surface area contributed by atoms with Crippen molar-refractivity contribution in [3.63, 3.8) is 0 Å². The van der Waals surface area contributed by atoms with Crippen LogP contribution in [0.25, 0.3) is 0 Å². The van der Waals surface area contributed by atoms with Crippen LogP contribution in [0.5, 0.6) is 0 Å². The predicted molar refractivity (Wildman–Crippen MR) is 69.2 cm³/mol. The lowest BCUT2D eigenvalue weighted by molar-refractivity contribution is -0.132. The first-order chi connectivity index (χ1) is 7.81. The molecule has 2 rings (SSSR count). The first kappa shape index (κ1) is 12.5. The molecular formula is C11H19ClN2OS. The molecular weight excluding hydrogens is 244 g/mol. The van der Waals surface area contributed by atoms with Gasteiger partial charge in [0.15, 0.2) is 0 Å². The number of thioether (sulfide) groups is 1. The Morgan fingerprint density at radius 3 is 2.62 bits per heavy atom. The van der Waals surface area contributed by atoms with E-state index in [2.05, 4.69) is 16.7 Å². The smallest absolute Gasteiger partial charge is 0.223 e. The zero-order chi connectivity index (χ0) is 11.4. The van der Waals surface area contributed by atoms with Crippen LogP contribution >= 0.6 is 23.4 Å². The Morgan fingerprint density at radius 2 is 2.06 bits per heavy atom. The second kappa shape index (κ2) is 6.12. The van der Waals surface area contributed by atoms with Crippen LogP contribution in [-0.2, 0) is 4.79 Å². The lowest BCUT2D eigenvalue weighted by Gasteiger charge is -2.37. The van der Waals surface area contributed by atoms with Gasteiger partial charge in [0, 0.05) is 50.3 Å². The van der Waals surface area contributed by atoms with E-state index in [0.29, 0.717) is 12.3 Å². The van der Waals surface area contributed by atoms with Gasteiger partial charge in [-0.05, 0) is 12.2 Å². The first-order valence-electron chi connectivity index (χ1n) is 5.97. The summed E-state index contributed by atoms with van der Waals surface area (Å²) in [5, 5.41) is 0. The molecule has 0 radical (unpaired) electrons. The van der Waals surface area contributed by atoms with Crippen molar-refractivity contribution < 1.29 is 4.79 Å². The molecule has 1 amide bonds. The number of halogens is 1. The van der Waals surface area contributed by atoms with Gasteiger partial charge in [-0.1, -0.05) is 0 Å². The minimum Gasteiger partial charge on any atom is -0.340 e. The monoisotopic (exact) mass is 262 g/mol. The second-order valence-corrected chi connectivity index (χ2v) is 5.90. The molecule has 2 fully saturated rings. The molecule has 0 aliphatic carbocycles. The molecule has 92 valence electrons. The molecule has 0 N–H and O–H groups in total. The quantitative estimate of drug-likeness (QED) is 0.716. The maximum absolute atomic E-state index is 11.6. The van der Waals surface area contributed by atoms with Gasteiger partial charge >= 0.3 is 0 Å². The van der Waals surface area contributed by atoms with Crippen LogP contribution in [0.4, 0.5) is 0 Å². The minimum absolute atomic E-state index is 0.218. The van der Waals surface area contributed by atoms with E-state index in [1.165, 1.54) is 17.9 Å². The van der Waals surface area contributed by atoms with Crippen molar-refractivity contribution in [2.75, 3.05) is 43.6 Å². The number of amides is 1. The van der Waals surface area contributed by atoms with Crippen LogP contribution in [0.15, 0.2) is 0 Å². The molecule has 0 unspecified atom stereocenters. The number of carbonyl (C=O) groups is 1. The van der Waals surface area contributed by atoms with Gasteiger partial charge in [-0.2, -0.15) is 11.8 Å². The number of rotatable bonds is 3. The molecule has 2 saturated heterocycles. The topological polar surface area (TPSA) is 23.6 Å². The predicted octanol–water partition coefficient (Wildman–Crippen LogP) is 1.27. The van der Waals surface area contributed by atoms with Crippen LogP contribution in [-0.4, -0.2) is 65.3 Å². The molecule has 0 aromatic rings. The SMILES string of the molecule is O=C(CCCl)N1CCN([C@H]2CCSC2)CC1. The fourth-order valence-electron chi connectivity index (χ4n) is 2.39. The Morgan fingerprint density at radius 1 is 1.31 bits per heavy atom. The number of alkyl halides is 1. The standard InChI is InChI=1S/C11H19ClN2OS/c12-3-1-11(15)14-6-4-13(5-7-14)10-2-8-16-9-10/h10H,1-9H2/t10-/m0/s1. The molecule has 0 saturated carbocycles. The van der Waals surface area contributed by atoms with Crippen molar-refractivity contribution in [1.82, 2.24) is 9.80 Å². The summed E-state index contributed by atoms with van der Waals surface area (Å²) in [5.74, 6) is 3.24. The summed E-state index contributed by atoms with van der Waals surface area (Å²) in [7, 11) is 0. The molecule has 0 aromatic heterocycles. The fraction of sp³-hybridized carbons (Fsp3) is 0.909. The van der Waals surface area contributed by atoms with Gasteiger partial charge in [-0.15, -0.1) is 11.6 Å². The van der Waals surface area contributed by atoms with Gasteiger partial charge in [-0.3, -0.25) is 9.69 Å². The Bertz CT molecular complexity index is 238. The highest BCUT2D eigenvalue weighted by Crippen LogP contribution is 2.23. The minimum atomic E-state index is 0.218. The zero-order valence-electron chi connectivity index (χ0n) is 9.53. The number of carbonyl (C=O) groups excluding carboxylic acids is 1. The van der Waals surface area contributed by atoms with Gasteiger partial charge < -0.3 is 4.90 Å². The highest BCUT2D eigenvalue weighted by atomic mass is 35.5. The number of hydrogen-bond donors (Lipinski definition) is 0. The van der Waals surface area contributed by atoms with Crippen LogP contribution in [0.1, 0.15) is 12.8 Å². The summed E-state index contributed by atoms with van der Waals surface area (Å²) < 4.78 is 0. The highest BCUT2D eigenvalue weighted by molar-refractivity contribution is 7.99. The Hall–Kier alpha value is 0.0700. The van der Waals surface area contributed by atoms with Crippen LogP contribution < -0.4 is 0 Å². The van der Waals surface area contributed by atoms with Crippen molar-refractivity contribution in [3.8, 4) is 0 Å². The summed E-state index contributed by atoms with van der Waals surface area (Å²) in [6.07, 6.45) is 1.81. The van der Waals surface area contributed by atoms with E-state index in [4.69, 9.17) is 11.6 Å². The number of piperazine rings is 1. The van der Waals surface area contributed by atoms with Crippen LogP contribution in [0.3, 0.4) is 0 Å². The third-order valence-corrected chi connectivity index (χ3v) is 4.73. The lowest BCUT2D eigenvalue weighted by Crippen LogP contribution is -2.52. The van der Waals surface area contributed by atoms with Crippen molar-refractivity contribution in [3.05, 3.63) is 0 Å². The fourth-order valence-corrected chi connectivity index (χ4v) is 3.80. The van der Waals surface area contributed by atoms with E-state index in [0.717, 1.165) is 32.2 Å². The van der Waals surface area contributed by atoms with E-state index in [9.17, 15) is 4.79 Å². The average Bonchev–Trinajstić information content (AvgIpc) is 2.83. The van der Waals surface area contributed by atoms with Crippen molar-refractivity contribution in [2.24, 2.45) is 0 Å². The van der Waals surface area contributed by atoms with Gasteiger partial charge in [0.05, 0.1) is 0 Å².